The van der Waals surface area contributed by atoms with E-state index in [1.165, 1.54) is 11.3 Å². The molecule has 0 amide bonds. The lowest BCUT2D eigenvalue weighted by Gasteiger charge is -2.40. The summed E-state index contributed by atoms with van der Waals surface area (Å²) in [7, 11) is 0. The van der Waals surface area contributed by atoms with Crippen molar-refractivity contribution in [3.63, 3.8) is 0 Å². The van der Waals surface area contributed by atoms with E-state index in [1.807, 2.05) is 18.2 Å². The topological polar surface area (TPSA) is 32.5 Å². The Kier molecular flexibility index (Phi) is 4.98. The lowest BCUT2D eigenvalue weighted by molar-refractivity contribution is 0.190. The van der Waals surface area contributed by atoms with Crippen LogP contribution in [-0.4, -0.2) is 37.6 Å². The molecule has 0 radical (unpaired) electrons. The summed E-state index contributed by atoms with van der Waals surface area (Å²) >= 11 is 6.12. The molecule has 1 saturated heterocycles. The van der Waals surface area contributed by atoms with E-state index in [4.69, 9.17) is 17.3 Å². The number of piperazine rings is 1. The fourth-order valence-electron chi connectivity index (χ4n) is 3.14. The van der Waals surface area contributed by atoms with E-state index in [-0.39, 0.29) is 6.04 Å². The highest BCUT2D eigenvalue weighted by atomic mass is 35.5. The molecule has 1 heterocycles. The van der Waals surface area contributed by atoms with E-state index in [0.717, 1.165) is 31.2 Å². The number of nitrogens with zero attached hydrogens (tertiary/aromatic N) is 2. The molecular weight excluding hydrogens is 294 g/mol. The van der Waals surface area contributed by atoms with Crippen LogP contribution in [0.1, 0.15) is 11.6 Å². The lowest BCUT2D eigenvalue weighted by atomic mass is 10.0. The van der Waals surface area contributed by atoms with E-state index in [9.17, 15) is 0 Å². The van der Waals surface area contributed by atoms with Gasteiger partial charge in [-0.3, -0.25) is 4.90 Å². The second kappa shape index (κ2) is 7.14. The van der Waals surface area contributed by atoms with Crippen molar-refractivity contribution >= 4 is 17.3 Å². The average molecular weight is 316 g/mol. The standard InChI is InChI=1S/C18H22ClN3/c19-16-6-4-5-15(13-16)18(14-20)22-11-9-21(10-12-22)17-7-2-1-3-8-17/h1-8,13,18H,9-12,14,20H2. The Hall–Kier alpha value is -1.55. The van der Waals surface area contributed by atoms with E-state index < -0.39 is 0 Å². The summed E-state index contributed by atoms with van der Waals surface area (Å²) in [6.07, 6.45) is 0. The molecule has 2 N–H and O–H groups in total. The summed E-state index contributed by atoms with van der Waals surface area (Å²) < 4.78 is 0. The molecule has 116 valence electrons. The van der Waals surface area contributed by atoms with Crippen molar-refractivity contribution in [3.05, 3.63) is 65.2 Å². The summed E-state index contributed by atoms with van der Waals surface area (Å²) in [6.45, 7) is 4.71. The molecule has 2 aromatic carbocycles. The molecule has 3 nitrogen and oxygen atoms in total. The molecule has 1 unspecified atom stereocenters. The number of para-hydroxylation sites is 1. The van der Waals surface area contributed by atoms with Crippen molar-refractivity contribution in [3.8, 4) is 0 Å². The number of anilines is 1. The molecule has 4 heteroatoms. The molecule has 0 saturated carbocycles. The van der Waals surface area contributed by atoms with Crippen LogP contribution < -0.4 is 10.6 Å². The Morgan fingerprint density at radius 3 is 2.32 bits per heavy atom. The monoisotopic (exact) mass is 315 g/mol. The van der Waals surface area contributed by atoms with Crippen LogP contribution in [0.4, 0.5) is 5.69 Å². The van der Waals surface area contributed by atoms with Gasteiger partial charge in [-0.25, -0.2) is 0 Å². The van der Waals surface area contributed by atoms with Gasteiger partial charge in [0.2, 0.25) is 0 Å². The van der Waals surface area contributed by atoms with Gasteiger partial charge in [0, 0.05) is 49.5 Å². The van der Waals surface area contributed by atoms with Crippen LogP contribution in [0.5, 0.6) is 0 Å². The Bertz CT molecular complexity index is 594. The number of hydrogen-bond donors (Lipinski definition) is 1. The zero-order valence-corrected chi connectivity index (χ0v) is 13.4. The third kappa shape index (κ3) is 3.43. The Morgan fingerprint density at radius 2 is 1.68 bits per heavy atom. The van der Waals surface area contributed by atoms with Gasteiger partial charge in [0.25, 0.3) is 0 Å². The van der Waals surface area contributed by atoms with Crippen molar-refractivity contribution < 1.29 is 0 Å². The van der Waals surface area contributed by atoms with Crippen LogP contribution in [0.25, 0.3) is 0 Å². The summed E-state index contributed by atoms with van der Waals surface area (Å²) in [4.78, 5) is 4.90. The third-order valence-electron chi connectivity index (χ3n) is 4.33. The summed E-state index contributed by atoms with van der Waals surface area (Å²) in [5.74, 6) is 0. The molecule has 3 rings (SSSR count). The minimum Gasteiger partial charge on any atom is -0.369 e. The Morgan fingerprint density at radius 1 is 0.955 bits per heavy atom. The summed E-state index contributed by atoms with van der Waals surface area (Å²) in [5.41, 5.74) is 8.54. The van der Waals surface area contributed by atoms with Gasteiger partial charge < -0.3 is 10.6 Å². The zero-order chi connectivity index (χ0) is 15.4. The number of halogens is 1. The van der Waals surface area contributed by atoms with E-state index in [0.29, 0.717) is 6.54 Å². The van der Waals surface area contributed by atoms with E-state index >= 15 is 0 Å². The van der Waals surface area contributed by atoms with Crippen LogP contribution in [0, 0.1) is 0 Å². The van der Waals surface area contributed by atoms with Gasteiger partial charge in [0.15, 0.2) is 0 Å². The van der Waals surface area contributed by atoms with Crippen molar-refractivity contribution in [2.75, 3.05) is 37.6 Å². The van der Waals surface area contributed by atoms with Crippen molar-refractivity contribution in [2.45, 2.75) is 6.04 Å². The highest BCUT2D eigenvalue weighted by Crippen LogP contribution is 2.25. The molecule has 0 aromatic heterocycles. The lowest BCUT2D eigenvalue weighted by Crippen LogP contribution is -2.49. The number of hydrogen-bond acceptors (Lipinski definition) is 3. The average Bonchev–Trinajstić information content (AvgIpc) is 2.57. The van der Waals surface area contributed by atoms with Gasteiger partial charge in [-0.05, 0) is 29.8 Å². The largest absolute Gasteiger partial charge is 0.369 e. The maximum Gasteiger partial charge on any atom is 0.0472 e. The second-order valence-corrected chi connectivity index (χ2v) is 6.10. The van der Waals surface area contributed by atoms with Gasteiger partial charge in [0.1, 0.15) is 0 Å². The molecule has 1 fully saturated rings. The first-order valence-corrected chi connectivity index (χ1v) is 8.15. The number of benzene rings is 2. The highest BCUT2D eigenvalue weighted by molar-refractivity contribution is 6.30. The van der Waals surface area contributed by atoms with Gasteiger partial charge in [-0.1, -0.05) is 41.9 Å². The summed E-state index contributed by atoms with van der Waals surface area (Å²) in [6, 6.07) is 18.9. The molecule has 1 atom stereocenters. The normalized spacial score (nSPS) is 17.5. The molecular formula is C18H22ClN3. The first kappa shape index (κ1) is 15.3. The third-order valence-corrected chi connectivity index (χ3v) is 4.57. The predicted octanol–water partition coefficient (Wildman–Crippen LogP) is 3.16. The van der Waals surface area contributed by atoms with Crippen LogP contribution in [-0.2, 0) is 0 Å². The minimum atomic E-state index is 0.247. The van der Waals surface area contributed by atoms with Gasteiger partial charge in [-0.2, -0.15) is 0 Å². The van der Waals surface area contributed by atoms with Gasteiger partial charge >= 0.3 is 0 Å². The van der Waals surface area contributed by atoms with Gasteiger partial charge in [0.05, 0.1) is 0 Å². The number of nitrogens with two attached hydrogens (primary N) is 1. The Balaban J connectivity index is 1.67. The second-order valence-electron chi connectivity index (χ2n) is 5.67. The smallest absolute Gasteiger partial charge is 0.0472 e. The maximum atomic E-state index is 6.12. The van der Waals surface area contributed by atoms with Crippen molar-refractivity contribution in [1.29, 1.82) is 0 Å². The first-order valence-electron chi connectivity index (χ1n) is 7.77. The fraction of sp³-hybridized carbons (Fsp3) is 0.333. The molecule has 0 bridgehead atoms. The predicted molar refractivity (Wildman–Crippen MR) is 93.5 cm³/mol. The zero-order valence-electron chi connectivity index (χ0n) is 12.7. The van der Waals surface area contributed by atoms with Crippen molar-refractivity contribution in [1.82, 2.24) is 4.90 Å². The fourth-order valence-corrected chi connectivity index (χ4v) is 3.34. The summed E-state index contributed by atoms with van der Waals surface area (Å²) in [5, 5.41) is 0.777. The first-order chi connectivity index (χ1) is 10.8. The molecule has 0 spiro atoms. The molecule has 2 aromatic rings. The molecule has 22 heavy (non-hydrogen) atoms. The minimum absolute atomic E-state index is 0.247. The SMILES string of the molecule is NCC(c1cccc(Cl)c1)N1CCN(c2ccccc2)CC1. The van der Waals surface area contributed by atoms with Gasteiger partial charge in [-0.15, -0.1) is 0 Å². The van der Waals surface area contributed by atoms with Crippen LogP contribution in [0.2, 0.25) is 5.02 Å². The Labute approximate surface area is 137 Å². The van der Waals surface area contributed by atoms with Crippen LogP contribution >= 0.6 is 11.6 Å². The number of rotatable bonds is 4. The maximum absolute atomic E-state index is 6.12. The van der Waals surface area contributed by atoms with Crippen LogP contribution in [0.3, 0.4) is 0 Å². The molecule has 1 aliphatic heterocycles. The molecule has 0 aliphatic carbocycles. The highest BCUT2D eigenvalue weighted by Gasteiger charge is 2.24. The van der Waals surface area contributed by atoms with E-state index in [1.54, 1.807) is 0 Å². The molecule has 1 aliphatic rings. The quantitative estimate of drug-likeness (QED) is 0.940. The van der Waals surface area contributed by atoms with E-state index in [2.05, 4.69) is 46.2 Å². The van der Waals surface area contributed by atoms with Crippen LogP contribution in [0.15, 0.2) is 54.6 Å². The van der Waals surface area contributed by atoms with Crippen molar-refractivity contribution in [2.24, 2.45) is 5.73 Å².